The normalized spacial score (nSPS) is 15.9. The Hall–Kier alpha value is -1.67. The van der Waals surface area contributed by atoms with E-state index in [2.05, 4.69) is 34.8 Å². The van der Waals surface area contributed by atoms with Crippen LogP contribution >= 0.6 is 11.3 Å². The Bertz CT molecular complexity index is 650. The van der Waals surface area contributed by atoms with E-state index < -0.39 is 0 Å². The maximum atomic E-state index is 12.1. The molecule has 1 aliphatic heterocycles. The van der Waals surface area contributed by atoms with Crippen molar-refractivity contribution in [2.45, 2.75) is 59.9 Å². The minimum absolute atomic E-state index is 0.196. The largest absolute Gasteiger partial charge is 0.357 e. The third-order valence-corrected chi connectivity index (χ3v) is 6.64. The van der Waals surface area contributed by atoms with E-state index in [-0.39, 0.29) is 5.91 Å². The highest BCUT2D eigenvalue weighted by molar-refractivity contribution is 7.09. The first-order valence-corrected chi connectivity index (χ1v) is 12.4. The Balaban J connectivity index is 1.72. The number of carbonyl (C=O) groups excluding carboxylic acids is 1. The van der Waals surface area contributed by atoms with Crippen LogP contribution in [0.3, 0.4) is 0 Å². The number of aromatic nitrogens is 1. The third-order valence-electron chi connectivity index (χ3n) is 5.59. The molecule has 0 aliphatic carbocycles. The summed E-state index contributed by atoms with van der Waals surface area (Å²) in [5, 5.41) is 10.1. The summed E-state index contributed by atoms with van der Waals surface area (Å²) in [5.41, 5.74) is 1.21. The van der Waals surface area contributed by atoms with Crippen LogP contribution in [0.15, 0.2) is 10.4 Å². The number of hydrogen-bond acceptors (Lipinski definition) is 5. The molecule has 0 bridgehead atoms. The summed E-state index contributed by atoms with van der Waals surface area (Å²) < 4.78 is 0. The van der Waals surface area contributed by atoms with Crippen LogP contribution in [-0.4, -0.2) is 72.5 Å². The Kier molecular flexibility index (Phi) is 11.1. The van der Waals surface area contributed by atoms with Gasteiger partial charge in [0.25, 0.3) is 0 Å². The lowest BCUT2D eigenvalue weighted by Gasteiger charge is -2.30. The van der Waals surface area contributed by atoms with Crippen molar-refractivity contribution in [1.82, 2.24) is 25.4 Å². The number of nitrogens with one attached hydrogen (secondary N) is 2. The summed E-state index contributed by atoms with van der Waals surface area (Å²) in [7, 11) is 0. The average molecular weight is 437 g/mol. The van der Waals surface area contributed by atoms with Gasteiger partial charge in [-0.25, -0.2) is 4.98 Å². The SMILES string of the molecule is CCNC(=NCC1CCN(Cc2csc(CC)n2)CC1)NCCC(=O)N(CC)CC. The van der Waals surface area contributed by atoms with E-state index in [0.29, 0.717) is 18.9 Å². The minimum Gasteiger partial charge on any atom is -0.357 e. The topological polar surface area (TPSA) is 72.9 Å². The average Bonchev–Trinajstić information content (AvgIpc) is 3.21. The zero-order chi connectivity index (χ0) is 21.8. The molecule has 1 fully saturated rings. The molecule has 0 unspecified atom stereocenters. The number of likely N-dealkylation sites (tertiary alicyclic amines) is 1. The molecule has 0 atom stereocenters. The Labute approximate surface area is 186 Å². The fourth-order valence-electron chi connectivity index (χ4n) is 3.72. The molecule has 30 heavy (non-hydrogen) atoms. The van der Waals surface area contributed by atoms with Crippen molar-refractivity contribution in [1.29, 1.82) is 0 Å². The highest BCUT2D eigenvalue weighted by Gasteiger charge is 2.20. The van der Waals surface area contributed by atoms with Crippen molar-refractivity contribution in [3.05, 3.63) is 16.1 Å². The molecular weight excluding hydrogens is 396 g/mol. The number of amides is 1. The van der Waals surface area contributed by atoms with E-state index >= 15 is 0 Å². The second-order valence-corrected chi connectivity index (χ2v) is 8.71. The van der Waals surface area contributed by atoms with Gasteiger partial charge in [-0.2, -0.15) is 0 Å². The van der Waals surface area contributed by atoms with E-state index in [4.69, 9.17) is 9.98 Å². The molecule has 1 aromatic rings. The van der Waals surface area contributed by atoms with Crippen LogP contribution in [0.4, 0.5) is 0 Å². The number of thiazole rings is 1. The number of carbonyl (C=O) groups is 1. The summed E-state index contributed by atoms with van der Waals surface area (Å²) in [6, 6.07) is 0. The molecule has 170 valence electrons. The van der Waals surface area contributed by atoms with E-state index in [1.807, 2.05) is 18.7 Å². The van der Waals surface area contributed by atoms with Crippen LogP contribution in [-0.2, 0) is 17.8 Å². The van der Waals surface area contributed by atoms with Gasteiger partial charge in [0.15, 0.2) is 5.96 Å². The number of hydrogen-bond donors (Lipinski definition) is 2. The van der Waals surface area contributed by atoms with Crippen LogP contribution in [0.5, 0.6) is 0 Å². The smallest absolute Gasteiger partial charge is 0.224 e. The van der Waals surface area contributed by atoms with Gasteiger partial charge in [0, 0.05) is 51.1 Å². The predicted molar refractivity (Wildman–Crippen MR) is 126 cm³/mol. The molecule has 0 radical (unpaired) electrons. The number of aryl methyl sites for hydroxylation is 1. The van der Waals surface area contributed by atoms with Crippen LogP contribution in [0.2, 0.25) is 0 Å². The molecule has 1 aromatic heterocycles. The van der Waals surface area contributed by atoms with Crippen LogP contribution in [0.25, 0.3) is 0 Å². The molecule has 2 N–H and O–H groups in total. The fourth-order valence-corrected chi connectivity index (χ4v) is 4.46. The van der Waals surface area contributed by atoms with Crippen LogP contribution < -0.4 is 10.6 Å². The van der Waals surface area contributed by atoms with Crippen molar-refractivity contribution in [2.75, 3.05) is 45.8 Å². The van der Waals surface area contributed by atoms with Crippen LogP contribution in [0, 0.1) is 5.92 Å². The lowest BCUT2D eigenvalue weighted by Crippen LogP contribution is -2.40. The molecule has 2 heterocycles. The lowest BCUT2D eigenvalue weighted by atomic mass is 9.97. The van der Waals surface area contributed by atoms with E-state index in [0.717, 1.165) is 58.2 Å². The first-order valence-electron chi connectivity index (χ1n) is 11.5. The second kappa shape index (κ2) is 13.6. The zero-order valence-electron chi connectivity index (χ0n) is 19.2. The van der Waals surface area contributed by atoms with Crippen molar-refractivity contribution >= 4 is 23.2 Å². The number of aliphatic imine (C=N–C) groups is 1. The number of nitrogens with zero attached hydrogens (tertiary/aromatic N) is 4. The summed E-state index contributed by atoms with van der Waals surface area (Å²) in [5.74, 6) is 1.64. The van der Waals surface area contributed by atoms with Gasteiger partial charge in [0.2, 0.25) is 5.91 Å². The lowest BCUT2D eigenvalue weighted by molar-refractivity contribution is -0.130. The molecule has 1 saturated heterocycles. The maximum absolute atomic E-state index is 12.1. The van der Waals surface area contributed by atoms with Gasteiger partial charge < -0.3 is 15.5 Å². The van der Waals surface area contributed by atoms with E-state index in [9.17, 15) is 4.79 Å². The highest BCUT2D eigenvalue weighted by atomic mass is 32.1. The second-order valence-electron chi connectivity index (χ2n) is 7.77. The van der Waals surface area contributed by atoms with Gasteiger partial charge in [-0.05, 0) is 59.0 Å². The standard InChI is InChI=1S/C22H40N6OS/c1-5-20-26-19(17-30-20)16-27-13-10-18(11-14-27)15-25-22(23-6-2)24-12-9-21(29)28(7-3)8-4/h17-18H,5-16H2,1-4H3,(H2,23,24,25). The molecule has 1 amide bonds. The molecule has 0 saturated carbocycles. The van der Waals surface area contributed by atoms with E-state index in [1.54, 1.807) is 11.3 Å². The molecule has 2 rings (SSSR count). The molecule has 7 nitrogen and oxygen atoms in total. The van der Waals surface area contributed by atoms with Crippen molar-refractivity contribution in [2.24, 2.45) is 10.9 Å². The summed E-state index contributed by atoms with van der Waals surface area (Å²) in [6.07, 6.45) is 3.87. The van der Waals surface area contributed by atoms with Gasteiger partial charge in [0.1, 0.15) is 0 Å². The summed E-state index contributed by atoms with van der Waals surface area (Å²) >= 11 is 1.77. The number of rotatable bonds is 11. The summed E-state index contributed by atoms with van der Waals surface area (Å²) in [4.78, 5) is 26.0. The van der Waals surface area contributed by atoms with Crippen molar-refractivity contribution < 1.29 is 4.79 Å². The molecule has 0 spiro atoms. The van der Waals surface area contributed by atoms with E-state index in [1.165, 1.54) is 23.5 Å². The molecular formula is C22H40N6OS. The Morgan fingerprint density at radius 1 is 1.23 bits per heavy atom. The fraction of sp³-hybridized carbons (Fsp3) is 0.773. The quantitative estimate of drug-likeness (QED) is 0.412. The minimum atomic E-state index is 0.196. The molecule has 0 aromatic carbocycles. The zero-order valence-corrected chi connectivity index (χ0v) is 20.1. The molecule has 1 aliphatic rings. The highest BCUT2D eigenvalue weighted by Crippen LogP contribution is 2.20. The number of piperidine rings is 1. The van der Waals surface area contributed by atoms with Gasteiger partial charge in [0.05, 0.1) is 10.7 Å². The van der Waals surface area contributed by atoms with Gasteiger partial charge >= 0.3 is 0 Å². The van der Waals surface area contributed by atoms with Gasteiger partial charge in [-0.15, -0.1) is 11.3 Å². The Morgan fingerprint density at radius 2 is 1.97 bits per heavy atom. The maximum Gasteiger partial charge on any atom is 0.224 e. The third kappa shape index (κ3) is 8.22. The summed E-state index contributed by atoms with van der Waals surface area (Å²) in [6.45, 7) is 15.3. The van der Waals surface area contributed by atoms with Gasteiger partial charge in [-0.3, -0.25) is 14.7 Å². The Morgan fingerprint density at radius 3 is 2.57 bits per heavy atom. The first-order chi connectivity index (χ1) is 14.6. The monoisotopic (exact) mass is 436 g/mol. The van der Waals surface area contributed by atoms with Crippen molar-refractivity contribution in [3.63, 3.8) is 0 Å². The predicted octanol–water partition coefficient (Wildman–Crippen LogP) is 2.73. The first kappa shape index (κ1) is 24.6. The molecule has 8 heteroatoms. The van der Waals surface area contributed by atoms with Crippen molar-refractivity contribution in [3.8, 4) is 0 Å². The van der Waals surface area contributed by atoms with Gasteiger partial charge in [-0.1, -0.05) is 6.92 Å². The number of guanidine groups is 1. The van der Waals surface area contributed by atoms with Crippen LogP contribution in [0.1, 0.15) is 57.7 Å².